The molecule has 1 spiro atoms. The van der Waals surface area contributed by atoms with E-state index in [1.54, 1.807) is 21.6 Å². The molecule has 5 aromatic rings. The van der Waals surface area contributed by atoms with E-state index in [9.17, 15) is 19.8 Å². The number of benzene rings is 4. The van der Waals surface area contributed by atoms with Crippen molar-refractivity contribution in [3.8, 4) is 11.5 Å². The zero-order valence-corrected chi connectivity index (χ0v) is 38.3. The average molecular weight is 889 g/mol. The molecule has 0 aliphatic carbocycles. The van der Waals surface area contributed by atoms with Gasteiger partial charge in [0.2, 0.25) is 5.91 Å². The number of carbonyl (C=O) groups is 2. The van der Waals surface area contributed by atoms with Gasteiger partial charge in [-0.15, -0.1) is 5.10 Å². The Morgan fingerprint density at radius 3 is 2.42 bits per heavy atom. The highest BCUT2D eigenvalue weighted by Gasteiger charge is 2.66. The van der Waals surface area contributed by atoms with Gasteiger partial charge in [-0.3, -0.25) is 19.2 Å². The molecule has 15 heteroatoms. The van der Waals surface area contributed by atoms with Crippen molar-refractivity contribution in [3.63, 3.8) is 0 Å². The van der Waals surface area contributed by atoms with Crippen molar-refractivity contribution in [2.75, 3.05) is 43.3 Å². The Hall–Kier alpha value is -5.42. The molecular formula is C49H60N6O8Si. The van der Waals surface area contributed by atoms with Crippen LogP contribution in [0.25, 0.3) is 0 Å². The lowest BCUT2D eigenvalue weighted by Gasteiger charge is -2.35. The molecule has 0 bridgehead atoms. The summed E-state index contributed by atoms with van der Waals surface area (Å²) in [5, 5.41) is 31.8. The predicted octanol–water partition coefficient (Wildman–Crippen LogP) is 6.20. The molecule has 3 aliphatic rings. The molecule has 64 heavy (non-hydrogen) atoms. The maximum absolute atomic E-state index is 15.2. The van der Waals surface area contributed by atoms with Crippen molar-refractivity contribution in [3.05, 3.63) is 125 Å². The minimum atomic E-state index is -2.95. The number of ether oxygens (including phenoxy) is 3. The molecule has 338 valence electrons. The average Bonchev–Trinajstić information content (AvgIpc) is 3.95. The Morgan fingerprint density at radius 2 is 1.72 bits per heavy atom. The Kier molecular flexibility index (Phi) is 13.4. The van der Waals surface area contributed by atoms with Crippen LogP contribution in [0.3, 0.4) is 0 Å². The smallest absolute Gasteiger partial charge is 0.264 e. The quantitative estimate of drug-likeness (QED) is 0.0584. The topological polar surface area (TPSA) is 172 Å². The van der Waals surface area contributed by atoms with Crippen LogP contribution in [-0.4, -0.2) is 95.8 Å². The molecule has 1 fully saturated rings. The molecular weight excluding hydrogens is 829 g/mol. The Morgan fingerprint density at radius 1 is 0.969 bits per heavy atom. The number of aliphatic hydroxyl groups excluding tert-OH is 2. The van der Waals surface area contributed by atoms with Gasteiger partial charge < -0.3 is 39.4 Å². The van der Waals surface area contributed by atoms with E-state index in [4.69, 9.17) is 14.2 Å². The molecule has 14 nitrogen and oxygen atoms in total. The second kappa shape index (κ2) is 19.0. The highest BCUT2D eigenvalue weighted by Crippen LogP contribution is 2.60. The fourth-order valence-electron chi connectivity index (χ4n) is 10.2. The summed E-state index contributed by atoms with van der Waals surface area (Å²) < 4.78 is 20.4. The summed E-state index contributed by atoms with van der Waals surface area (Å²) in [6.07, 6.45) is 3.78. The van der Waals surface area contributed by atoms with Gasteiger partial charge in [-0.1, -0.05) is 54.6 Å². The number of aryl methyl sites for hydroxylation is 1. The van der Waals surface area contributed by atoms with E-state index in [-0.39, 0.29) is 48.9 Å². The number of nitrogens with zero attached hydrogens (tertiary/aromatic N) is 5. The second-order valence-electron chi connectivity index (χ2n) is 17.7. The number of hydrogen-bond donors (Lipinski definition) is 4. The molecule has 1 saturated heterocycles. The number of anilines is 3. The van der Waals surface area contributed by atoms with Crippen molar-refractivity contribution in [2.45, 2.75) is 94.9 Å². The van der Waals surface area contributed by atoms with E-state index >= 15 is 4.79 Å². The molecule has 4 aromatic carbocycles. The summed E-state index contributed by atoms with van der Waals surface area (Å²) in [5.74, 6) is 0.390. The number of amides is 2. The first-order chi connectivity index (χ1) is 30.9. The largest absolute Gasteiger partial charge is 0.497 e. The number of fused-ring (bicyclic) bond motifs is 3. The molecule has 4 heterocycles. The highest BCUT2D eigenvalue weighted by atomic mass is 28.4. The summed E-state index contributed by atoms with van der Waals surface area (Å²) >= 11 is 0. The maximum Gasteiger partial charge on any atom is 0.264 e. The lowest BCUT2D eigenvalue weighted by Crippen LogP contribution is -2.49. The van der Waals surface area contributed by atoms with Gasteiger partial charge in [0.1, 0.15) is 11.5 Å². The number of aromatic nitrogens is 3. The van der Waals surface area contributed by atoms with E-state index in [1.807, 2.05) is 124 Å². The Bertz CT molecular complexity index is 2430. The molecule has 3 aliphatic heterocycles. The van der Waals surface area contributed by atoms with Crippen LogP contribution in [0.15, 0.2) is 97.2 Å². The number of methoxy groups -OCH3 is 1. The summed E-state index contributed by atoms with van der Waals surface area (Å²) in [6, 6.07) is 28.5. The van der Waals surface area contributed by atoms with Crippen LogP contribution >= 0.6 is 0 Å². The minimum Gasteiger partial charge on any atom is -0.497 e. The summed E-state index contributed by atoms with van der Waals surface area (Å²) in [5.41, 5.74) is 4.72. The van der Waals surface area contributed by atoms with Gasteiger partial charge in [-0.05, 0) is 117 Å². The SMILES string of the molecule is CCOc1ccc2c(c1)CC(NCCCCO)C(=O)N2c1ccc(CN2C(=O)[C@]3(O[C@H](CCn4cc(C(CO)c5ccccc5)nn4)[C@@H]([Si](C)(C)O)[C@@H]3C)c3cc(OC)ccc32)cc1. The van der Waals surface area contributed by atoms with Crippen LogP contribution in [-0.2, 0) is 39.4 Å². The third-order valence-corrected chi connectivity index (χ3v) is 15.7. The van der Waals surface area contributed by atoms with Gasteiger partial charge in [0.05, 0.1) is 62.0 Å². The lowest BCUT2D eigenvalue weighted by molar-refractivity contribution is -0.146. The number of aliphatic hydroxyl groups is 2. The van der Waals surface area contributed by atoms with Crippen molar-refractivity contribution in [2.24, 2.45) is 5.92 Å². The molecule has 4 N–H and O–H groups in total. The first-order valence-electron chi connectivity index (χ1n) is 22.4. The van der Waals surface area contributed by atoms with Crippen LogP contribution < -0.4 is 24.6 Å². The fraction of sp³-hybridized carbons (Fsp3) is 0.429. The van der Waals surface area contributed by atoms with Crippen molar-refractivity contribution in [1.29, 1.82) is 0 Å². The van der Waals surface area contributed by atoms with Gasteiger partial charge >= 0.3 is 0 Å². The number of rotatable bonds is 18. The summed E-state index contributed by atoms with van der Waals surface area (Å²) in [6.45, 7) is 9.60. The van der Waals surface area contributed by atoms with Crippen LogP contribution in [0.5, 0.6) is 11.5 Å². The van der Waals surface area contributed by atoms with Gasteiger partial charge in [0.25, 0.3) is 5.91 Å². The van der Waals surface area contributed by atoms with Crippen molar-refractivity contribution < 1.29 is 38.8 Å². The van der Waals surface area contributed by atoms with E-state index in [0.717, 1.165) is 40.2 Å². The molecule has 2 amide bonds. The molecule has 0 radical (unpaired) electrons. The standard InChI is InChI=1S/C49H60N6O8Si/c1-6-62-38-19-20-43-35(26-38)27-41(50-23-10-11-25-56)47(58)55(43)36-16-14-33(15-17-36)29-54-44-21-18-37(61-3)28-40(44)49(48(54)59)32(2)46(64(4,5)60)45(63-49)22-24-53-30-42(51-52-53)39(31-57)34-12-8-7-9-13-34/h7-9,12-21,26,28,30,32,39,41,45-46,50,56-57,60H,6,10-11,22-25,27,29,31H2,1-5H3/t32-,39?,41?,45+,46-,49+/m0/s1. The molecule has 2 unspecified atom stereocenters. The molecule has 0 saturated carbocycles. The lowest BCUT2D eigenvalue weighted by atomic mass is 9.82. The van der Waals surface area contributed by atoms with Gasteiger partial charge in [-0.2, -0.15) is 0 Å². The monoisotopic (exact) mass is 888 g/mol. The van der Waals surface area contributed by atoms with Crippen LogP contribution in [0.4, 0.5) is 17.1 Å². The number of nitrogens with one attached hydrogen (secondary N) is 1. The van der Waals surface area contributed by atoms with E-state index in [0.29, 0.717) is 61.7 Å². The predicted molar refractivity (Wildman–Crippen MR) is 246 cm³/mol. The van der Waals surface area contributed by atoms with Gasteiger partial charge in [0, 0.05) is 42.1 Å². The fourth-order valence-corrected chi connectivity index (χ4v) is 12.8. The number of hydrogen-bond acceptors (Lipinski definition) is 11. The van der Waals surface area contributed by atoms with E-state index < -0.39 is 26.1 Å². The molecule has 1 aromatic heterocycles. The van der Waals surface area contributed by atoms with E-state index in [1.165, 1.54) is 0 Å². The van der Waals surface area contributed by atoms with Crippen LogP contribution in [0.1, 0.15) is 67.0 Å². The zero-order chi connectivity index (χ0) is 45.2. The third-order valence-electron chi connectivity index (χ3n) is 13.2. The first kappa shape index (κ1) is 45.2. The third kappa shape index (κ3) is 8.60. The highest BCUT2D eigenvalue weighted by molar-refractivity contribution is 6.71. The van der Waals surface area contributed by atoms with Crippen LogP contribution in [0.2, 0.25) is 18.6 Å². The van der Waals surface area contributed by atoms with Gasteiger partial charge in [0.15, 0.2) is 13.9 Å². The molecule has 8 rings (SSSR count). The van der Waals surface area contributed by atoms with Gasteiger partial charge in [-0.25, -0.2) is 0 Å². The number of carbonyl (C=O) groups excluding carboxylic acids is 2. The van der Waals surface area contributed by atoms with Crippen LogP contribution in [0, 0.1) is 5.92 Å². The van der Waals surface area contributed by atoms with Crippen molar-refractivity contribution in [1.82, 2.24) is 20.3 Å². The second-order valence-corrected chi connectivity index (χ2v) is 21.7. The van der Waals surface area contributed by atoms with E-state index in [2.05, 4.69) is 15.6 Å². The molecule has 6 atom stereocenters. The Labute approximate surface area is 375 Å². The maximum atomic E-state index is 15.2. The normalized spacial score (nSPS) is 22.2. The zero-order valence-electron chi connectivity index (χ0n) is 37.3. The summed E-state index contributed by atoms with van der Waals surface area (Å²) in [7, 11) is -1.35. The Balaban J connectivity index is 1.06. The summed E-state index contributed by atoms with van der Waals surface area (Å²) in [4.78, 5) is 44.8. The van der Waals surface area contributed by atoms with Crippen molar-refractivity contribution >= 4 is 37.2 Å². The first-order valence-corrected chi connectivity index (χ1v) is 25.4. The number of unbranched alkanes of at least 4 members (excludes halogenated alkanes) is 1. The minimum absolute atomic E-state index is 0.0643.